The molecule has 0 fully saturated rings. The van der Waals surface area contributed by atoms with Gasteiger partial charge in [0.2, 0.25) is 0 Å². The van der Waals surface area contributed by atoms with E-state index in [-0.39, 0.29) is 0 Å². The smallest absolute Gasteiger partial charge is 0.157 e. The molecule has 6 heteroatoms. The number of hydrogen-bond donors (Lipinski definition) is 1. The SMILES string of the molecule is CNc1cc(-c2cc(C#N)ccc2OC)nc(COC)n1. The van der Waals surface area contributed by atoms with Crippen molar-refractivity contribution in [3.8, 4) is 23.1 Å². The largest absolute Gasteiger partial charge is 0.496 e. The van der Waals surface area contributed by atoms with Crippen LogP contribution in [0.2, 0.25) is 0 Å². The summed E-state index contributed by atoms with van der Waals surface area (Å²) in [5, 5.41) is 12.0. The van der Waals surface area contributed by atoms with Gasteiger partial charge in [-0.15, -0.1) is 0 Å². The van der Waals surface area contributed by atoms with Crippen molar-refractivity contribution >= 4 is 5.82 Å². The zero-order valence-corrected chi connectivity index (χ0v) is 12.2. The van der Waals surface area contributed by atoms with Crippen LogP contribution in [-0.4, -0.2) is 31.2 Å². The highest BCUT2D eigenvalue weighted by Crippen LogP contribution is 2.30. The van der Waals surface area contributed by atoms with Crippen LogP contribution < -0.4 is 10.1 Å². The fraction of sp³-hybridized carbons (Fsp3) is 0.267. The van der Waals surface area contributed by atoms with Gasteiger partial charge in [0.1, 0.15) is 18.2 Å². The molecule has 0 atom stereocenters. The number of hydrogen-bond acceptors (Lipinski definition) is 6. The first-order valence-corrected chi connectivity index (χ1v) is 6.35. The molecule has 0 saturated carbocycles. The van der Waals surface area contributed by atoms with Crippen LogP contribution >= 0.6 is 0 Å². The summed E-state index contributed by atoms with van der Waals surface area (Å²) in [6.07, 6.45) is 0. The first kappa shape index (κ1) is 14.8. The van der Waals surface area contributed by atoms with Crippen molar-refractivity contribution in [1.82, 2.24) is 9.97 Å². The molecule has 0 saturated heterocycles. The van der Waals surface area contributed by atoms with E-state index in [1.54, 1.807) is 45.5 Å². The zero-order valence-electron chi connectivity index (χ0n) is 12.2. The highest BCUT2D eigenvalue weighted by atomic mass is 16.5. The van der Waals surface area contributed by atoms with Gasteiger partial charge in [0.15, 0.2) is 5.82 Å². The second-order valence-corrected chi connectivity index (χ2v) is 4.26. The lowest BCUT2D eigenvalue weighted by atomic mass is 10.1. The summed E-state index contributed by atoms with van der Waals surface area (Å²) in [5.41, 5.74) is 1.96. The molecule has 0 aliphatic heterocycles. The maximum atomic E-state index is 9.06. The molecule has 0 aliphatic rings. The van der Waals surface area contributed by atoms with Gasteiger partial charge >= 0.3 is 0 Å². The molecule has 0 spiro atoms. The van der Waals surface area contributed by atoms with Crippen molar-refractivity contribution < 1.29 is 9.47 Å². The lowest BCUT2D eigenvalue weighted by molar-refractivity contribution is 0.178. The van der Waals surface area contributed by atoms with Crippen LogP contribution in [0, 0.1) is 11.3 Å². The highest BCUT2D eigenvalue weighted by molar-refractivity contribution is 5.71. The Morgan fingerprint density at radius 3 is 2.67 bits per heavy atom. The van der Waals surface area contributed by atoms with Crippen LogP contribution in [0.5, 0.6) is 5.75 Å². The van der Waals surface area contributed by atoms with E-state index >= 15 is 0 Å². The average molecular weight is 284 g/mol. The van der Waals surface area contributed by atoms with Gasteiger partial charge in [-0.2, -0.15) is 5.26 Å². The molecule has 1 N–H and O–H groups in total. The molecule has 0 radical (unpaired) electrons. The number of ether oxygens (including phenoxy) is 2. The minimum absolute atomic E-state index is 0.308. The van der Waals surface area contributed by atoms with E-state index in [0.29, 0.717) is 35.3 Å². The minimum atomic E-state index is 0.308. The van der Waals surface area contributed by atoms with Gasteiger partial charge in [-0.1, -0.05) is 0 Å². The van der Waals surface area contributed by atoms with Crippen LogP contribution in [0.4, 0.5) is 5.82 Å². The third-order valence-corrected chi connectivity index (χ3v) is 2.91. The van der Waals surface area contributed by atoms with Crippen molar-refractivity contribution in [1.29, 1.82) is 5.26 Å². The summed E-state index contributed by atoms with van der Waals surface area (Å²) in [7, 11) is 4.96. The number of aromatic nitrogens is 2. The molecular weight excluding hydrogens is 268 g/mol. The molecule has 0 unspecified atom stereocenters. The number of methoxy groups -OCH3 is 2. The Hall–Kier alpha value is -2.65. The number of nitrogens with one attached hydrogen (secondary N) is 1. The zero-order chi connectivity index (χ0) is 15.2. The first-order valence-electron chi connectivity index (χ1n) is 6.35. The molecule has 1 aromatic heterocycles. The van der Waals surface area contributed by atoms with E-state index in [1.807, 2.05) is 0 Å². The van der Waals surface area contributed by atoms with E-state index in [2.05, 4.69) is 21.4 Å². The average Bonchev–Trinajstić information content (AvgIpc) is 2.54. The van der Waals surface area contributed by atoms with E-state index in [0.717, 1.165) is 5.56 Å². The van der Waals surface area contributed by atoms with E-state index in [4.69, 9.17) is 14.7 Å². The Bertz CT molecular complexity index is 680. The quantitative estimate of drug-likeness (QED) is 0.906. The maximum Gasteiger partial charge on any atom is 0.157 e. The fourth-order valence-corrected chi connectivity index (χ4v) is 1.93. The van der Waals surface area contributed by atoms with Gasteiger partial charge in [0, 0.05) is 25.8 Å². The number of benzene rings is 1. The van der Waals surface area contributed by atoms with Crippen molar-refractivity contribution in [2.24, 2.45) is 0 Å². The number of anilines is 1. The number of nitriles is 1. The van der Waals surface area contributed by atoms with Gasteiger partial charge in [-0.05, 0) is 18.2 Å². The standard InChI is InChI=1S/C15H16N4O2/c1-17-14-7-12(18-15(19-14)9-20-2)11-6-10(8-16)4-5-13(11)21-3/h4-7H,9H2,1-3H3,(H,17,18,19). The third-order valence-electron chi connectivity index (χ3n) is 2.91. The molecule has 1 heterocycles. The van der Waals surface area contributed by atoms with E-state index in [9.17, 15) is 0 Å². The molecule has 1 aromatic carbocycles. The summed E-state index contributed by atoms with van der Waals surface area (Å²) in [4.78, 5) is 8.77. The normalized spacial score (nSPS) is 10.0. The first-order chi connectivity index (χ1) is 10.2. The molecular formula is C15H16N4O2. The number of rotatable bonds is 5. The second kappa shape index (κ2) is 6.68. The summed E-state index contributed by atoms with van der Waals surface area (Å²) in [6, 6.07) is 9.13. The van der Waals surface area contributed by atoms with Gasteiger partial charge in [-0.3, -0.25) is 0 Å². The topological polar surface area (TPSA) is 80.1 Å². The molecule has 2 aromatic rings. The van der Waals surface area contributed by atoms with Crippen LogP contribution in [0.1, 0.15) is 11.4 Å². The minimum Gasteiger partial charge on any atom is -0.496 e. The molecule has 21 heavy (non-hydrogen) atoms. The Balaban J connectivity index is 2.59. The lowest BCUT2D eigenvalue weighted by Gasteiger charge is -2.11. The monoisotopic (exact) mass is 284 g/mol. The third kappa shape index (κ3) is 3.27. The summed E-state index contributed by atoms with van der Waals surface area (Å²) >= 11 is 0. The molecule has 0 amide bonds. The highest BCUT2D eigenvalue weighted by Gasteiger charge is 2.12. The Labute approximate surface area is 123 Å². The second-order valence-electron chi connectivity index (χ2n) is 4.26. The Morgan fingerprint density at radius 1 is 1.24 bits per heavy atom. The molecule has 2 rings (SSSR count). The lowest BCUT2D eigenvalue weighted by Crippen LogP contribution is -2.03. The predicted octanol–water partition coefficient (Wildman–Crippen LogP) is 2.21. The molecule has 108 valence electrons. The number of nitrogens with zero attached hydrogens (tertiary/aromatic N) is 3. The van der Waals surface area contributed by atoms with Crippen molar-refractivity contribution in [2.75, 3.05) is 26.6 Å². The Kier molecular flexibility index (Phi) is 4.69. The summed E-state index contributed by atoms with van der Waals surface area (Å²) in [6.45, 7) is 0.308. The predicted molar refractivity (Wildman–Crippen MR) is 79.0 cm³/mol. The fourth-order valence-electron chi connectivity index (χ4n) is 1.93. The molecule has 0 aliphatic carbocycles. The van der Waals surface area contributed by atoms with E-state index in [1.165, 1.54) is 0 Å². The van der Waals surface area contributed by atoms with Crippen molar-refractivity contribution in [2.45, 2.75) is 6.61 Å². The Morgan fingerprint density at radius 2 is 2.05 bits per heavy atom. The molecule has 6 nitrogen and oxygen atoms in total. The van der Waals surface area contributed by atoms with Crippen LogP contribution in [0.15, 0.2) is 24.3 Å². The van der Waals surface area contributed by atoms with Crippen molar-refractivity contribution in [3.05, 3.63) is 35.7 Å². The van der Waals surface area contributed by atoms with Crippen LogP contribution in [0.3, 0.4) is 0 Å². The molecule has 0 bridgehead atoms. The van der Waals surface area contributed by atoms with Crippen molar-refractivity contribution in [3.63, 3.8) is 0 Å². The van der Waals surface area contributed by atoms with Crippen LogP contribution in [-0.2, 0) is 11.3 Å². The van der Waals surface area contributed by atoms with Crippen LogP contribution in [0.25, 0.3) is 11.3 Å². The van der Waals surface area contributed by atoms with E-state index < -0.39 is 0 Å². The summed E-state index contributed by atoms with van der Waals surface area (Å²) < 4.78 is 10.4. The van der Waals surface area contributed by atoms with Gasteiger partial charge in [0.25, 0.3) is 0 Å². The van der Waals surface area contributed by atoms with Gasteiger partial charge in [0.05, 0.1) is 24.4 Å². The van der Waals surface area contributed by atoms with Gasteiger partial charge < -0.3 is 14.8 Å². The van der Waals surface area contributed by atoms with Gasteiger partial charge in [-0.25, -0.2) is 9.97 Å². The summed E-state index contributed by atoms with van der Waals surface area (Å²) in [5.74, 6) is 1.89. The maximum absolute atomic E-state index is 9.06.